The largest absolute Gasteiger partial charge is 0.293 e. The first kappa shape index (κ1) is 9.41. The molecule has 1 fully saturated rings. The highest BCUT2D eigenvalue weighted by Crippen LogP contribution is 2.39. The summed E-state index contributed by atoms with van der Waals surface area (Å²) >= 11 is 4.90. The summed E-state index contributed by atoms with van der Waals surface area (Å²) in [7, 11) is 0. The van der Waals surface area contributed by atoms with Crippen molar-refractivity contribution in [2.75, 3.05) is 0 Å². The van der Waals surface area contributed by atoms with E-state index in [4.69, 9.17) is 0 Å². The number of carbonyl (C=O) groups excluding carboxylic acids is 1. The molecule has 1 aromatic rings. The number of hydrogen-bond acceptors (Lipinski definition) is 2. The number of rotatable bonds is 3. The van der Waals surface area contributed by atoms with Crippen molar-refractivity contribution in [3.63, 3.8) is 0 Å². The van der Waals surface area contributed by atoms with Gasteiger partial charge < -0.3 is 0 Å². The molecule has 1 heterocycles. The van der Waals surface area contributed by atoms with E-state index in [0.29, 0.717) is 11.7 Å². The van der Waals surface area contributed by atoms with Crippen LogP contribution in [0.3, 0.4) is 0 Å². The lowest BCUT2D eigenvalue weighted by atomic mass is 10.0. The molecule has 1 nitrogen and oxygen atoms in total. The third-order valence-electron chi connectivity index (χ3n) is 2.56. The van der Waals surface area contributed by atoms with Gasteiger partial charge in [-0.05, 0) is 46.8 Å². The molecule has 0 N–H and O–H groups in total. The predicted molar refractivity (Wildman–Crippen MR) is 58.2 cm³/mol. The van der Waals surface area contributed by atoms with Crippen LogP contribution in [-0.2, 0) is 0 Å². The fourth-order valence-electron chi connectivity index (χ4n) is 1.48. The third kappa shape index (κ3) is 2.02. The minimum absolute atomic E-state index is 0.227. The highest BCUT2D eigenvalue weighted by atomic mass is 79.9. The molecule has 1 saturated carbocycles. The third-order valence-corrected chi connectivity index (χ3v) is 4.20. The van der Waals surface area contributed by atoms with Crippen molar-refractivity contribution in [2.45, 2.75) is 19.8 Å². The van der Waals surface area contributed by atoms with Crippen molar-refractivity contribution in [1.82, 2.24) is 0 Å². The van der Waals surface area contributed by atoms with Gasteiger partial charge in [0.1, 0.15) is 0 Å². The summed E-state index contributed by atoms with van der Waals surface area (Å²) in [6, 6.07) is 3.85. The molecule has 0 aliphatic heterocycles. The lowest BCUT2D eigenvalue weighted by Gasteiger charge is -2.05. The summed E-state index contributed by atoms with van der Waals surface area (Å²) in [4.78, 5) is 12.7. The average Bonchev–Trinajstić information content (AvgIpc) is 2.87. The zero-order valence-electron chi connectivity index (χ0n) is 7.42. The van der Waals surface area contributed by atoms with Crippen LogP contribution >= 0.6 is 27.3 Å². The number of Topliss-reactive ketones (excluding diaryl/α,β-unsaturated/α-hetero) is 1. The van der Waals surface area contributed by atoms with Crippen molar-refractivity contribution in [2.24, 2.45) is 11.8 Å². The molecule has 0 bridgehead atoms. The molecule has 1 atom stereocenters. The van der Waals surface area contributed by atoms with Gasteiger partial charge in [0.15, 0.2) is 5.78 Å². The van der Waals surface area contributed by atoms with Gasteiger partial charge in [0, 0.05) is 5.92 Å². The number of thiophene rings is 1. The van der Waals surface area contributed by atoms with Crippen LogP contribution in [0, 0.1) is 11.8 Å². The molecule has 0 saturated heterocycles. The lowest BCUT2D eigenvalue weighted by molar-refractivity contribution is 0.0920. The van der Waals surface area contributed by atoms with Crippen LogP contribution in [0.1, 0.15) is 29.4 Å². The standard InChI is InChI=1S/C10H11BrOS/c1-6(7-2-3-7)10(12)8-4-5-9(11)13-8/h4-7H,2-3H2,1H3. The van der Waals surface area contributed by atoms with Crippen LogP contribution in [0.4, 0.5) is 0 Å². The van der Waals surface area contributed by atoms with Gasteiger partial charge in [-0.15, -0.1) is 11.3 Å². The van der Waals surface area contributed by atoms with E-state index in [2.05, 4.69) is 15.9 Å². The monoisotopic (exact) mass is 258 g/mol. The SMILES string of the molecule is CC(C(=O)c1ccc(Br)s1)C1CC1. The summed E-state index contributed by atoms with van der Waals surface area (Å²) in [5, 5.41) is 0. The van der Waals surface area contributed by atoms with Gasteiger partial charge >= 0.3 is 0 Å². The van der Waals surface area contributed by atoms with Crippen LogP contribution < -0.4 is 0 Å². The summed E-state index contributed by atoms with van der Waals surface area (Å²) in [5.74, 6) is 1.21. The molecule has 0 radical (unpaired) electrons. The van der Waals surface area contributed by atoms with Gasteiger partial charge in [0.05, 0.1) is 8.66 Å². The zero-order valence-corrected chi connectivity index (χ0v) is 9.82. The van der Waals surface area contributed by atoms with Gasteiger partial charge in [-0.2, -0.15) is 0 Å². The van der Waals surface area contributed by atoms with Gasteiger partial charge in [-0.1, -0.05) is 6.92 Å². The Hall–Kier alpha value is -0.150. The van der Waals surface area contributed by atoms with Gasteiger partial charge in [-0.3, -0.25) is 4.79 Å². The van der Waals surface area contributed by atoms with Crippen molar-refractivity contribution < 1.29 is 4.79 Å². The number of ketones is 1. The number of carbonyl (C=O) groups is 1. The number of hydrogen-bond donors (Lipinski definition) is 0. The molecular formula is C10H11BrOS. The second-order valence-corrected chi connectivity index (χ2v) is 6.06. The van der Waals surface area contributed by atoms with Crippen LogP contribution in [0.25, 0.3) is 0 Å². The first-order chi connectivity index (χ1) is 6.18. The molecule has 0 aromatic carbocycles. The Morgan fingerprint density at radius 3 is 2.77 bits per heavy atom. The molecule has 3 heteroatoms. The fraction of sp³-hybridized carbons (Fsp3) is 0.500. The topological polar surface area (TPSA) is 17.1 Å². The summed E-state index contributed by atoms with van der Waals surface area (Å²) in [6.45, 7) is 2.05. The van der Waals surface area contributed by atoms with E-state index in [0.717, 1.165) is 8.66 Å². The Morgan fingerprint density at radius 2 is 2.31 bits per heavy atom. The van der Waals surface area contributed by atoms with E-state index >= 15 is 0 Å². The highest BCUT2D eigenvalue weighted by molar-refractivity contribution is 9.11. The second kappa shape index (κ2) is 3.54. The van der Waals surface area contributed by atoms with Gasteiger partial charge in [-0.25, -0.2) is 0 Å². The molecule has 1 aliphatic rings. The average molecular weight is 259 g/mol. The highest BCUT2D eigenvalue weighted by Gasteiger charge is 2.33. The Labute approximate surface area is 90.3 Å². The van der Waals surface area contributed by atoms with Gasteiger partial charge in [0.2, 0.25) is 0 Å². The Kier molecular flexibility index (Phi) is 2.56. The van der Waals surface area contributed by atoms with E-state index in [1.807, 2.05) is 19.1 Å². The van der Waals surface area contributed by atoms with Crippen LogP contribution in [0.15, 0.2) is 15.9 Å². The Morgan fingerprint density at radius 1 is 1.62 bits per heavy atom. The quantitative estimate of drug-likeness (QED) is 0.756. The Bertz CT molecular complexity index is 327. The molecule has 13 heavy (non-hydrogen) atoms. The molecule has 1 aliphatic carbocycles. The summed E-state index contributed by atoms with van der Waals surface area (Å²) in [5.41, 5.74) is 0. The Balaban J connectivity index is 2.11. The van der Waals surface area contributed by atoms with Gasteiger partial charge in [0.25, 0.3) is 0 Å². The maximum absolute atomic E-state index is 11.8. The predicted octanol–water partition coefficient (Wildman–Crippen LogP) is 3.74. The molecule has 0 spiro atoms. The van der Waals surface area contributed by atoms with E-state index in [1.54, 1.807) is 0 Å². The van der Waals surface area contributed by atoms with Crippen molar-refractivity contribution >= 4 is 33.0 Å². The van der Waals surface area contributed by atoms with Crippen LogP contribution in [0.2, 0.25) is 0 Å². The fourth-order valence-corrected chi connectivity index (χ4v) is 2.91. The number of halogens is 1. The van der Waals surface area contributed by atoms with E-state index in [1.165, 1.54) is 24.2 Å². The second-order valence-electron chi connectivity index (χ2n) is 3.59. The van der Waals surface area contributed by atoms with E-state index in [9.17, 15) is 4.79 Å². The van der Waals surface area contributed by atoms with Crippen molar-refractivity contribution in [1.29, 1.82) is 0 Å². The van der Waals surface area contributed by atoms with E-state index < -0.39 is 0 Å². The minimum atomic E-state index is 0.227. The maximum atomic E-state index is 11.8. The first-order valence-corrected chi connectivity index (χ1v) is 6.09. The molecule has 1 aromatic heterocycles. The molecule has 0 amide bonds. The smallest absolute Gasteiger partial charge is 0.175 e. The van der Waals surface area contributed by atoms with Crippen molar-refractivity contribution in [3.8, 4) is 0 Å². The molecular weight excluding hydrogens is 248 g/mol. The normalized spacial score (nSPS) is 18.6. The van der Waals surface area contributed by atoms with Crippen molar-refractivity contribution in [3.05, 3.63) is 20.8 Å². The van der Waals surface area contributed by atoms with Crippen LogP contribution in [0.5, 0.6) is 0 Å². The molecule has 2 rings (SSSR count). The first-order valence-electron chi connectivity index (χ1n) is 4.48. The molecule has 70 valence electrons. The zero-order chi connectivity index (χ0) is 9.42. The lowest BCUT2D eigenvalue weighted by Crippen LogP contribution is -2.11. The van der Waals surface area contributed by atoms with Crippen LogP contribution in [-0.4, -0.2) is 5.78 Å². The molecule has 1 unspecified atom stereocenters. The maximum Gasteiger partial charge on any atom is 0.175 e. The summed E-state index contributed by atoms with van der Waals surface area (Å²) in [6.07, 6.45) is 2.47. The van der Waals surface area contributed by atoms with E-state index in [-0.39, 0.29) is 5.92 Å². The summed E-state index contributed by atoms with van der Waals surface area (Å²) < 4.78 is 1.04. The minimum Gasteiger partial charge on any atom is -0.293 e.